The lowest BCUT2D eigenvalue weighted by Crippen LogP contribution is -2.29. The van der Waals surface area contributed by atoms with Crippen LogP contribution in [0.2, 0.25) is 0 Å². The van der Waals surface area contributed by atoms with E-state index in [9.17, 15) is 4.79 Å². The second-order valence-corrected chi connectivity index (χ2v) is 5.91. The largest absolute Gasteiger partial charge is 0.344 e. The molecule has 1 saturated carbocycles. The van der Waals surface area contributed by atoms with Crippen molar-refractivity contribution in [3.8, 4) is 0 Å². The molecule has 2 aliphatic carbocycles. The van der Waals surface area contributed by atoms with Gasteiger partial charge in [-0.1, -0.05) is 6.58 Å². The van der Waals surface area contributed by atoms with Crippen LogP contribution in [0.3, 0.4) is 0 Å². The molecule has 1 amide bonds. The number of aryl methyl sites for hydroxylation is 1. The van der Waals surface area contributed by atoms with Crippen LogP contribution in [0.5, 0.6) is 0 Å². The molecule has 1 aromatic heterocycles. The lowest BCUT2D eigenvalue weighted by Gasteiger charge is -2.21. The van der Waals surface area contributed by atoms with Crippen LogP contribution in [0.25, 0.3) is 0 Å². The zero-order valence-electron chi connectivity index (χ0n) is 9.74. The van der Waals surface area contributed by atoms with E-state index in [1.54, 1.807) is 0 Å². The van der Waals surface area contributed by atoms with Gasteiger partial charge in [-0.3, -0.25) is 4.79 Å². The van der Waals surface area contributed by atoms with E-state index in [2.05, 4.69) is 11.9 Å². The second kappa shape index (κ2) is 4.26. The summed E-state index contributed by atoms with van der Waals surface area (Å²) >= 11 is 1.86. The molecule has 0 saturated heterocycles. The summed E-state index contributed by atoms with van der Waals surface area (Å²) in [5.74, 6) is 0.616. The highest BCUT2D eigenvalue weighted by atomic mass is 32.1. The lowest BCUT2D eigenvalue weighted by atomic mass is 9.97. The highest BCUT2D eigenvalue weighted by Gasteiger charge is 2.31. The number of carbonyl (C=O) groups excluding carboxylic acids is 1. The van der Waals surface area contributed by atoms with Crippen LogP contribution in [0.4, 0.5) is 0 Å². The smallest absolute Gasteiger partial charge is 0.243 e. The second-order valence-electron chi connectivity index (χ2n) is 4.79. The van der Waals surface area contributed by atoms with Crippen molar-refractivity contribution < 1.29 is 4.79 Å². The van der Waals surface area contributed by atoms with Crippen molar-refractivity contribution in [3.05, 3.63) is 28.2 Å². The molecule has 0 radical (unpaired) electrons. The number of nitrogens with one attached hydrogen (secondary N) is 1. The summed E-state index contributed by atoms with van der Waals surface area (Å²) in [7, 11) is 0. The summed E-state index contributed by atoms with van der Waals surface area (Å²) in [4.78, 5) is 17.5. The van der Waals surface area contributed by atoms with Gasteiger partial charge in [0.05, 0.1) is 16.7 Å². The zero-order chi connectivity index (χ0) is 11.8. The molecule has 0 aromatic carbocycles. The van der Waals surface area contributed by atoms with Crippen LogP contribution in [-0.2, 0) is 11.2 Å². The number of hydrogen-bond donors (Lipinski definition) is 1. The van der Waals surface area contributed by atoms with Gasteiger partial charge >= 0.3 is 0 Å². The molecule has 0 spiro atoms. The van der Waals surface area contributed by atoms with E-state index in [0.717, 1.165) is 25.0 Å². The van der Waals surface area contributed by atoms with Crippen LogP contribution >= 0.6 is 11.3 Å². The van der Waals surface area contributed by atoms with Crippen LogP contribution in [0.15, 0.2) is 12.7 Å². The maximum atomic E-state index is 11.4. The van der Waals surface area contributed by atoms with E-state index in [1.165, 1.54) is 28.8 Å². The fraction of sp³-hybridized carbons (Fsp3) is 0.538. The third kappa shape index (κ3) is 2.14. The van der Waals surface area contributed by atoms with E-state index in [-0.39, 0.29) is 11.9 Å². The van der Waals surface area contributed by atoms with Crippen molar-refractivity contribution >= 4 is 17.2 Å². The fourth-order valence-corrected chi connectivity index (χ4v) is 3.65. The van der Waals surface area contributed by atoms with Gasteiger partial charge in [-0.15, -0.1) is 11.3 Å². The molecule has 0 aliphatic heterocycles. The van der Waals surface area contributed by atoms with Crippen molar-refractivity contribution in [1.29, 1.82) is 0 Å². The van der Waals surface area contributed by atoms with Gasteiger partial charge in [0.25, 0.3) is 0 Å². The number of fused-ring (bicyclic) bond motifs is 1. The molecular formula is C13H16N2OS. The zero-order valence-corrected chi connectivity index (χ0v) is 10.6. The molecule has 0 bridgehead atoms. The first kappa shape index (κ1) is 11.0. The molecule has 90 valence electrons. The Balaban J connectivity index is 1.84. The van der Waals surface area contributed by atoms with Gasteiger partial charge in [0.1, 0.15) is 0 Å². The predicted octanol–water partition coefficient (Wildman–Crippen LogP) is 2.70. The summed E-state index contributed by atoms with van der Waals surface area (Å²) in [6.07, 6.45) is 7.18. The van der Waals surface area contributed by atoms with Crippen molar-refractivity contribution in [2.24, 2.45) is 0 Å². The minimum atomic E-state index is -0.0937. The maximum absolute atomic E-state index is 11.4. The number of rotatable bonds is 3. The number of nitrogens with zero attached hydrogens (tertiary/aromatic N) is 1. The maximum Gasteiger partial charge on any atom is 0.243 e. The van der Waals surface area contributed by atoms with Gasteiger partial charge in [0.2, 0.25) is 5.91 Å². The first-order chi connectivity index (χ1) is 8.28. The number of aromatic nitrogens is 1. The standard InChI is InChI=1S/C13H16N2OS/c1-2-11(16)14-9-4-3-5-10-12(9)15-13(17-10)8-6-7-8/h2,8-9H,1,3-7H2,(H,14,16). The minimum absolute atomic E-state index is 0.0937. The fourth-order valence-electron chi connectivity index (χ4n) is 2.31. The normalized spacial score (nSPS) is 22.9. The molecule has 17 heavy (non-hydrogen) atoms. The number of hydrogen-bond acceptors (Lipinski definition) is 3. The third-order valence-corrected chi connectivity index (χ3v) is 4.69. The minimum Gasteiger partial charge on any atom is -0.344 e. The average molecular weight is 248 g/mol. The lowest BCUT2D eigenvalue weighted by molar-refractivity contribution is -0.117. The van der Waals surface area contributed by atoms with Crippen molar-refractivity contribution in [2.45, 2.75) is 44.1 Å². The Hall–Kier alpha value is -1.16. The van der Waals surface area contributed by atoms with Gasteiger partial charge in [-0.2, -0.15) is 0 Å². The van der Waals surface area contributed by atoms with Gasteiger partial charge in [-0.05, 0) is 38.2 Å². The topological polar surface area (TPSA) is 42.0 Å². The summed E-state index contributed by atoms with van der Waals surface area (Å²) < 4.78 is 0. The monoisotopic (exact) mass is 248 g/mol. The average Bonchev–Trinajstić information content (AvgIpc) is 3.09. The molecule has 3 rings (SSSR count). The summed E-state index contributed by atoms with van der Waals surface area (Å²) in [5.41, 5.74) is 1.12. The predicted molar refractivity (Wildman–Crippen MR) is 68.1 cm³/mol. The van der Waals surface area contributed by atoms with Gasteiger partial charge in [0.15, 0.2) is 0 Å². The Labute approximate surface area is 105 Å². The molecule has 1 aromatic rings. The van der Waals surface area contributed by atoms with Crippen LogP contribution in [0, 0.1) is 0 Å². The molecule has 2 aliphatic rings. The Morgan fingerprint density at radius 2 is 2.29 bits per heavy atom. The summed E-state index contributed by atoms with van der Waals surface area (Å²) in [5, 5.41) is 4.27. The van der Waals surface area contributed by atoms with Crippen molar-refractivity contribution in [3.63, 3.8) is 0 Å². The van der Waals surface area contributed by atoms with E-state index < -0.39 is 0 Å². The van der Waals surface area contributed by atoms with Gasteiger partial charge in [0, 0.05) is 10.8 Å². The number of thiazole rings is 1. The number of carbonyl (C=O) groups is 1. The Bertz CT molecular complexity index is 462. The molecule has 1 N–H and O–H groups in total. The highest BCUT2D eigenvalue weighted by molar-refractivity contribution is 7.11. The van der Waals surface area contributed by atoms with Gasteiger partial charge in [-0.25, -0.2) is 4.98 Å². The van der Waals surface area contributed by atoms with E-state index in [4.69, 9.17) is 4.98 Å². The van der Waals surface area contributed by atoms with Crippen molar-refractivity contribution in [1.82, 2.24) is 10.3 Å². The SMILES string of the molecule is C=CC(=O)NC1CCCc2sc(C3CC3)nc21. The van der Waals surface area contributed by atoms with Crippen LogP contribution in [0.1, 0.15) is 53.2 Å². The summed E-state index contributed by atoms with van der Waals surface area (Å²) in [6, 6.07) is 0.105. The van der Waals surface area contributed by atoms with E-state index >= 15 is 0 Å². The molecule has 1 heterocycles. The van der Waals surface area contributed by atoms with Gasteiger partial charge < -0.3 is 5.32 Å². The molecular weight excluding hydrogens is 232 g/mol. The first-order valence-corrected chi connectivity index (χ1v) is 7.02. The Morgan fingerprint density at radius 1 is 1.47 bits per heavy atom. The number of amides is 1. The third-order valence-electron chi connectivity index (χ3n) is 3.40. The Kier molecular flexibility index (Phi) is 2.74. The quantitative estimate of drug-likeness (QED) is 0.836. The molecule has 1 fully saturated rings. The first-order valence-electron chi connectivity index (χ1n) is 6.20. The van der Waals surface area contributed by atoms with Crippen LogP contribution < -0.4 is 5.32 Å². The van der Waals surface area contributed by atoms with Crippen molar-refractivity contribution in [2.75, 3.05) is 0 Å². The Morgan fingerprint density at radius 3 is 3.00 bits per heavy atom. The highest BCUT2D eigenvalue weighted by Crippen LogP contribution is 2.45. The molecule has 1 atom stereocenters. The van der Waals surface area contributed by atoms with E-state index in [1.807, 2.05) is 11.3 Å². The molecule has 1 unspecified atom stereocenters. The van der Waals surface area contributed by atoms with E-state index in [0.29, 0.717) is 5.92 Å². The molecule has 3 nitrogen and oxygen atoms in total. The molecule has 4 heteroatoms. The van der Waals surface area contributed by atoms with Crippen LogP contribution in [-0.4, -0.2) is 10.9 Å². The summed E-state index contributed by atoms with van der Waals surface area (Å²) in [6.45, 7) is 3.50.